The predicted molar refractivity (Wildman–Crippen MR) is 106 cm³/mol. The van der Waals surface area contributed by atoms with Crippen molar-refractivity contribution in [3.8, 4) is 17.0 Å². The zero-order valence-electron chi connectivity index (χ0n) is 16.5. The largest absolute Gasteiger partial charge is 0.487 e. The van der Waals surface area contributed by atoms with Gasteiger partial charge in [0.05, 0.1) is 23.6 Å². The van der Waals surface area contributed by atoms with E-state index in [1.807, 2.05) is 26.8 Å². The molecule has 0 unspecified atom stereocenters. The van der Waals surface area contributed by atoms with Gasteiger partial charge in [0, 0.05) is 29.4 Å². The van der Waals surface area contributed by atoms with E-state index in [1.54, 1.807) is 24.4 Å². The molecule has 6 nitrogen and oxygen atoms in total. The number of carbonyl (C=O) groups is 1. The Bertz CT molecular complexity index is 1100. The number of hydrogen-bond acceptors (Lipinski definition) is 5. The second kappa shape index (κ2) is 7.58. The number of ether oxygens (including phenoxy) is 1. The standard InChI is InChI=1S/C22H21FN4O2/c1-12-5-4-6-19(26-12)22(28)25-11-15-9-17-18(23)8-7-16(21(17)29-15)20-14(3)24-10-13(2)27-20/h4-8,10,15H,9,11H2,1-3H3,(H,25,28)/t15-/m0/s1. The minimum atomic E-state index is -0.368. The molecule has 29 heavy (non-hydrogen) atoms. The van der Waals surface area contributed by atoms with E-state index >= 15 is 0 Å². The molecule has 3 heterocycles. The van der Waals surface area contributed by atoms with Crippen LogP contribution in [0.1, 0.15) is 33.1 Å². The summed E-state index contributed by atoms with van der Waals surface area (Å²) in [6.07, 6.45) is 1.70. The molecule has 1 atom stereocenters. The molecule has 1 aliphatic heterocycles. The summed E-state index contributed by atoms with van der Waals surface area (Å²) in [5.74, 6) is -0.133. The second-order valence-corrected chi connectivity index (χ2v) is 7.17. The topological polar surface area (TPSA) is 77.0 Å². The van der Waals surface area contributed by atoms with E-state index in [0.29, 0.717) is 34.7 Å². The molecule has 1 amide bonds. The fourth-order valence-corrected chi connectivity index (χ4v) is 3.42. The molecular formula is C22H21FN4O2. The second-order valence-electron chi connectivity index (χ2n) is 7.17. The Morgan fingerprint density at radius 3 is 2.79 bits per heavy atom. The number of pyridine rings is 1. The highest BCUT2D eigenvalue weighted by atomic mass is 19.1. The highest BCUT2D eigenvalue weighted by molar-refractivity contribution is 5.92. The lowest BCUT2D eigenvalue weighted by molar-refractivity contribution is 0.0928. The van der Waals surface area contributed by atoms with Crippen molar-refractivity contribution >= 4 is 5.91 Å². The van der Waals surface area contributed by atoms with Gasteiger partial charge in [0.15, 0.2) is 0 Å². The van der Waals surface area contributed by atoms with Crippen LogP contribution in [0.15, 0.2) is 36.5 Å². The first-order valence-electron chi connectivity index (χ1n) is 9.43. The number of nitrogens with zero attached hydrogens (tertiary/aromatic N) is 3. The number of halogens is 1. The van der Waals surface area contributed by atoms with Crippen molar-refractivity contribution < 1.29 is 13.9 Å². The molecule has 0 saturated carbocycles. The van der Waals surface area contributed by atoms with E-state index < -0.39 is 0 Å². The summed E-state index contributed by atoms with van der Waals surface area (Å²) in [5, 5.41) is 2.83. The summed E-state index contributed by atoms with van der Waals surface area (Å²) in [6.45, 7) is 5.80. The van der Waals surface area contributed by atoms with Crippen molar-refractivity contribution in [3.05, 3.63) is 70.7 Å². The van der Waals surface area contributed by atoms with Crippen molar-refractivity contribution in [2.45, 2.75) is 33.3 Å². The van der Waals surface area contributed by atoms with E-state index in [-0.39, 0.29) is 24.4 Å². The average Bonchev–Trinajstić information content (AvgIpc) is 3.14. The van der Waals surface area contributed by atoms with Crippen LogP contribution in [-0.4, -0.2) is 33.5 Å². The minimum Gasteiger partial charge on any atom is -0.487 e. The molecule has 0 spiro atoms. The van der Waals surface area contributed by atoms with Crippen LogP contribution in [0.4, 0.5) is 4.39 Å². The van der Waals surface area contributed by atoms with E-state index in [2.05, 4.69) is 20.3 Å². The van der Waals surface area contributed by atoms with Gasteiger partial charge in [0.2, 0.25) is 0 Å². The first-order chi connectivity index (χ1) is 13.9. The average molecular weight is 392 g/mol. The van der Waals surface area contributed by atoms with Crippen LogP contribution in [0, 0.1) is 26.6 Å². The molecule has 0 fully saturated rings. The van der Waals surface area contributed by atoms with E-state index in [0.717, 1.165) is 17.1 Å². The molecule has 1 aliphatic rings. The molecule has 3 aromatic rings. The van der Waals surface area contributed by atoms with Crippen LogP contribution in [-0.2, 0) is 6.42 Å². The first kappa shape index (κ1) is 19.0. The van der Waals surface area contributed by atoms with E-state index in [9.17, 15) is 9.18 Å². The summed E-state index contributed by atoms with van der Waals surface area (Å²) in [4.78, 5) is 25.5. The van der Waals surface area contributed by atoms with Crippen LogP contribution in [0.5, 0.6) is 5.75 Å². The SMILES string of the molecule is Cc1cccc(C(=O)NC[C@@H]2Cc3c(F)ccc(-c4nc(C)cnc4C)c3O2)n1. The third kappa shape index (κ3) is 3.81. The van der Waals surface area contributed by atoms with Gasteiger partial charge in [0.25, 0.3) is 5.91 Å². The zero-order chi connectivity index (χ0) is 20.5. The molecule has 1 aromatic carbocycles. The Kier molecular flexibility index (Phi) is 4.96. The highest BCUT2D eigenvalue weighted by Crippen LogP contribution is 2.40. The summed E-state index contributed by atoms with van der Waals surface area (Å²) in [7, 11) is 0. The van der Waals surface area contributed by atoms with Gasteiger partial charge >= 0.3 is 0 Å². The normalized spacial score (nSPS) is 15.0. The Labute approximate surface area is 168 Å². The van der Waals surface area contributed by atoms with Crippen LogP contribution < -0.4 is 10.1 Å². The van der Waals surface area contributed by atoms with E-state index in [1.165, 1.54) is 6.07 Å². The number of aryl methyl sites for hydroxylation is 3. The zero-order valence-corrected chi connectivity index (χ0v) is 16.5. The lowest BCUT2D eigenvalue weighted by Crippen LogP contribution is -2.34. The third-order valence-corrected chi connectivity index (χ3v) is 4.86. The monoisotopic (exact) mass is 392 g/mol. The van der Waals surface area contributed by atoms with Gasteiger partial charge < -0.3 is 10.1 Å². The van der Waals surface area contributed by atoms with Gasteiger partial charge in [-0.15, -0.1) is 0 Å². The van der Waals surface area contributed by atoms with Crippen LogP contribution in [0.3, 0.4) is 0 Å². The molecule has 0 radical (unpaired) electrons. The Hall–Kier alpha value is -3.35. The summed E-state index contributed by atoms with van der Waals surface area (Å²) in [5.41, 5.74) is 4.52. The number of hydrogen-bond donors (Lipinski definition) is 1. The predicted octanol–water partition coefficient (Wildman–Crippen LogP) is 3.34. The van der Waals surface area contributed by atoms with Gasteiger partial charge in [-0.1, -0.05) is 6.07 Å². The highest BCUT2D eigenvalue weighted by Gasteiger charge is 2.30. The van der Waals surface area contributed by atoms with Gasteiger partial charge in [-0.25, -0.2) is 14.4 Å². The number of benzene rings is 1. The van der Waals surface area contributed by atoms with Crippen LogP contribution >= 0.6 is 0 Å². The maximum Gasteiger partial charge on any atom is 0.270 e. The van der Waals surface area contributed by atoms with Crippen molar-refractivity contribution in [2.24, 2.45) is 0 Å². The molecule has 7 heteroatoms. The molecule has 148 valence electrons. The quantitative estimate of drug-likeness (QED) is 0.737. The molecule has 0 bridgehead atoms. The Morgan fingerprint density at radius 2 is 2.00 bits per heavy atom. The number of amides is 1. The fraction of sp³-hybridized carbons (Fsp3) is 0.273. The lowest BCUT2D eigenvalue weighted by Gasteiger charge is -2.14. The molecule has 1 N–H and O–H groups in total. The molecule has 0 aliphatic carbocycles. The molecule has 0 saturated heterocycles. The van der Waals surface area contributed by atoms with Crippen molar-refractivity contribution in [2.75, 3.05) is 6.54 Å². The van der Waals surface area contributed by atoms with Gasteiger partial charge in [-0.2, -0.15) is 0 Å². The van der Waals surface area contributed by atoms with Gasteiger partial charge in [-0.3, -0.25) is 9.78 Å². The molecule has 4 rings (SSSR count). The number of carbonyl (C=O) groups excluding carboxylic acids is 1. The van der Waals surface area contributed by atoms with Gasteiger partial charge in [-0.05, 0) is 45.0 Å². The molecular weight excluding hydrogens is 371 g/mol. The van der Waals surface area contributed by atoms with E-state index in [4.69, 9.17) is 4.74 Å². The third-order valence-electron chi connectivity index (χ3n) is 4.86. The fourth-order valence-electron chi connectivity index (χ4n) is 3.42. The first-order valence-corrected chi connectivity index (χ1v) is 9.43. The van der Waals surface area contributed by atoms with Crippen molar-refractivity contribution in [1.82, 2.24) is 20.3 Å². The Morgan fingerprint density at radius 1 is 1.17 bits per heavy atom. The van der Waals surface area contributed by atoms with Gasteiger partial charge in [0.1, 0.15) is 23.4 Å². The van der Waals surface area contributed by atoms with Crippen LogP contribution in [0.2, 0.25) is 0 Å². The maximum atomic E-state index is 14.4. The Balaban J connectivity index is 1.54. The lowest BCUT2D eigenvalue weighted by atomic mass is 10.0. The number of aromatic nitrogens is 3. The van der Waals surface area contributed by atoms with Crippen molar-refractivity contribution in [3.63, 3.8) is 0 Å². The summed E-state index contributed by atoms with van der Waals surface area (Å²) >= 11 is 0. The summed E-state index contributed by atoms with van der Waals surface area (Å²) < 4.78 is 20.5. The number of fused-ring (bicyclic) bond motifs is 1. The number of nitrogens with one attached hydrogen (secondary N) is 1. The summed E-state index contributed by atoms with van der Waals surface area (Å²) in [6, 6.07) is 8.37. The van der Waals surface area contributed by atoms with Crippen molar-refractivity contribution in [1.29, 1.82) is 0 Å². The smallest absolute Gasteiger partial charge is 0.270 e. The maximum absolute atomic E-state index is 14.4. The van der Waals surface area contributed by atoms with Crippen LogP contribution in [0.25, 0.3) is 11.3 Å². The minimum absolute atomic E-state index is 0.250. The molecule has 2 aromatic heterocycles. The number of rotatable bonds is 4.